The third kappa shape index (κ3) is 7.46. The lowest BCUT2D eigenvalue weighted by atomic mass is 9.98. The fourth-order valence-electron chi connectivity index (χ4n) is 5.37. The number of rotatable bonds is 11. The van der Waals surface area contributed by atoms with Crippen LogP contribution in [0.4, 0.5) is 0 Å². The van der Waals surface area contributed by atoms with Crippen LogP contribution in [-0.4, -0.2) is 50.7 Å². The first-order valence-electron chi connectivity index (χ1n) is 14.8. The van der Waals surface area contributed by atoms with Gasteiger partial charge in [0.05, 0.1) is 34.0 Å². The van der Waals surface area contributed by atoms with Crippen LogP contribution in [-0.2, 0) is 36.9 Å². The van der Waals surface area contributed by atoms with E-state index >= 15 is 0 Å². The monoisotopic (exact) mass is 614 g/mol. The first-order chi connectivity index (χ1) is 21.6. The zero-order valence-electron chi connectivity index (χ0n) is 25.2. The summed E-state index contributed by atoms with van der Waals surface area (Å²) in [6.07, 6.45) is -2.16. The molecule has 0 saturated carbocycles. The Morgan fingerprint density at radius 1 is 0.682 bits per heavy atom. The predicted octanol–water partition coefficient (Wildman–Crippen LogP) is 7.11. The molecule has 4 aromatic carbocycles. The molecule has 0 radical (unpaired) electrons. The topological polar surface area (TPSA) is 64.6 Å². The summed E-state index contributed by atoms with van der Waals surface area (Å²) < 4.78 is 43.7. The molecule has 0 N–H and O–H groups in total. The van der Waals surface area contributed by atoms with Gasteiger partial charge in [0.15, 0.2) is 6.29 Å². The molecule has 2 aliphatic rings. The maximum atomic E-state index is 6.76. The van der Waals surface area contributed by atoms with Gasteiger partial charge in [0.25, 0.3) is 0 Å². The van der Waals surface area contributed by atoms with E-state index in [1.807, 2.05) is 78.9 Å². The molecule has 6 rings (SSSR count). The number of thioether (sulfide) groups is 1. The van der Waals surface area contributed by atoms with Gasteiger partial charge in [-0.1, -0.05) is 84.1 Å². The minimum absolute atomic E-state index is 0.334. The molecule has 6 atom stereocenters. The molecule has 0 bridgehead atoms. The summed E-state index contributed by atoms with van der Waals surface area (Å²) in [4.78, 5) is 1.09. The molecular formula is C36H38O7S. The van der Waals surface area contributed by atoms with E-state index in [-0.39, 0.29) is 11.5 Å². The van der Waals surface area contributed by atoms with Crippen LogP contribution in [0.1, 0.15) is 28.5 Å². The summed E-state index contributed by atoms with van der Waals surface area (Å²) in [6.45, 7) is 3.21. The predicted molar refractivity (Wildman–Crippen MR) is 169 cm³/mol. The molecule has 2 saturated heterocycles. The Hall–Kier alpha value is -3.37. The van der Waals surface area contributed by atoms with Crippen LogP contribution in [0.3, 0.4) is 0 Å². The van der Waals surface area contributed by atoms with Gasteiger partial charge >= 0.3 is 0 Å². The number of fused-ring (bicyclic) bond motifs is 1. The van der Waals surface area contributed by atoms with E-state index in [0.29, 0.717) is 19.8 Å². The van der Waals surface area contributed by atoms with E-state index < -0.39 is 24.6 Å². The van der Waals surface area contributed by atoms with Gasteiger partial charge in [0, 0.05) is 10.5 Å². The number of ether oxygens (including phenoxy) is 7. The average molecular weight is 615 g/mol. The van der Waals surface area contributed by atoms with Crippen LogP contribution in [0.5, 0.6) is 11.5 Å². The Morgan fingerprint density at radius 3 is 1.86 bits per heavy atom. The molecule has 2 aliphatic heterocycles. The third-order valence-electron chi connectivity index (χ3n) is 7.83. The Kier molecular flexibility index (Phi) is 10.2. The molecule has 0 aromatic heterocycles. The molecular weight excluding hydrogens is 576 g/mol. The zero-order chi connectivity index (χ0) is 30.3. The molecule has 44 heavy (non-hydrogen) atoms. The standard InChI is InChI=1S/C36H38O7S/c1-24-9-19-30(20-10-24)44-36-34(40-22-26-13-17-29(38-3)18-14-26)33(39-21-25-11-15-28(37-2)16-12-25)32-31(42-36)23-41-35(43-32)27-7-5-4-6-8-27/h4-20,31-36H,21-23H2,1-3H3/t31?,32?,33?,34-,35?,36?/m0/s1. The highest BCUT2D eigenvalue weighted by atomic mass is 32.2. The summed E-state index contributed by atoms with van der Waals surface area (Å²) in [7, 11) is 3.32. The van der Waals surface area contributed by atoms with E-state index in [4.69, 9.17) is 33.2 Å². The van der Waals surface area contributed by atoms with Crippen molar-refractivity contribution in [3.63, 3.8) is 0 Å². The number of aryl methyl sites for hydroxylation is 1. The van der Waals surface area contributed by atoms with Crippen molar-refractivity contribution in [2.75, 3.05) is 20.8 Å². The van der Waals surface area contributed by atoms with Crippen LogP contribution >= 0.6 is 11.8 Å². The van der Waals surface area contributed by atoms with Gasteiger partial charge in [-0.3, -0.25) is 0 Å². The largest absolute Gasteiger partial charge is 0.497 e. The van der Waals surface area contributed by atoms with Gasteiger partial charge in [0.1, 0.15) is 41.4 Å². The second-order valence-electron chi connectivity index (χ2n) is 10.9. The molecule has 2 heterocycles. The van der Waals surface area contributed by atoms with E-state index in [9.17, 15) is 0 Å². The fraction of sp³-hybridized carbons (Fsp3) is 0.333. The van der Waals surface area contributed by atoms with Crippen molar-refractivity contribution in [3.05, 3.63) is 125 Å². The molecule has 0 aliphatic carbocycles. The number of hydrogen-bond donors (Lipinski definition) is 0. The van der Waals surface area contributed by atoms with Crippen LogP contribution < -0.4 is 9.47 Å². The molecule has 0 amide bonds. The molecule has 0 spiro atoms. The maximum Gasteiger partial charge on any atom is 0.184 e. The molecule has 4 aromatic rings. The second kappa shape index (κ2) is 14.6. The van der Waals surface area contributed by atoms with Crippen LogP contribution in [0.25, 0.3) is 0 Å². The Bertz CT molecular complexity index is 1450. The summed E-state index contributed by atoms with van der Waals surface area (Å²) in [5.74, 6) is 1.60. The summed E-state index contributed by atoms with van der Waals surface area (Å²) in [6, 6.07) is 34.2. The Morgan fingerprint density at radius 2 is 1.27 bits per heavy atom. The van der Waals surface area contributed by atoms with Crippen molar-refractivity contribution in [1.29, 1.82) is 0 Å². The molecule has 2 fully saturated rings. The van der Waals surface area contributed by atoms with Crippen molar-refractivity contribution in [2.24, 2.45) is 0 Å². The van der Waals surface area contributed by atoms with Gasteiger partial charge in [0.2, 0.25) is 0 Å². The van der Waals surface area contributed by atoms with Crippen LogP contribution in [0, 0.1) is 6.92 Å². The highest BCUT2D eigenvalue weighted by Gasteiger charge is 2.51. The van der Waals surface area contributed by atoms with Crippen LogP contribution in [0.15, 0.2) is 108 Å². The Balaban J connectivity index is 1.30. The van der Waals surface area contributed by atoms with Crippen molar-refractivity contribution in [1.82, 2.24) is 0 Å². The number of hydrogen-bond acceptors (Lipinski definition) is 8. The van der Waals surface area contributed by atoms with Gasteiger partial charge in [-0.2, -0.15) is 0 Å². The highest BCUT2D eigenvalue weighted by molar-refractivity contribution is 7.99. The lowest BCUT2D eigenvalue weighted by molar-refractivity contribution is -0.329. The molecule has 230 valence electrons. The normalized spacial score (nSPS) is 24.8. The van der Waals surface area contributed by atoms with Crippen molar-refractivity contribution >= 4 is 11.8 Å². The fourth-order valence-corrected chi connectivity index (χ4v) is 6.49. The first kappa shape index (κ1) is 30.6. The van der Waals surface area contributed by atoms with Gasteiger partial charge in [-0.15, -0.1) is 0 Å². The summed E-state index contributed by atoms with van der Waals surface area (Å²) in [5.41, 5.74) is 3.84. The summed E-state index contributed by atoms with van der Waals surface area (Å²) in [5, 5.41) is 0. The van der Waals surface area contributed by atoms with E-state index in [2.05, 4.69) is 31.2 Å². The zero-order valence-corrected chi connectivity index (χ0v) is 26.0. The lowest BCUT2D eigenvalue weighted by Gasteiger charge is -2.49. The quantitative estimate of drug-likeness (QED) is 0.177. The number of methoxy groups -OCH3 is 2. The van der Waals surface area contributed by atoms with Crippen molar-refractivity contribution < 1.29 is 33.2 Å². The third-order valence-corrected chi connectivity index (χ3v) is 8.99. The van der Waals surface area contributed by atoms with E-state index in [1.165, 1.54) is 5.56 Å². The number of benzene rings is 4. The summed E-state index contributed by atoms with van der Waals surface area (Å²) >= 11 is 1.63. The van der Waals surface area contributed by atoms with Crippen molar-refractivity contribution in [3.8, 4) is 11.5 Å². The first-order valence-corrected chi connectivity index (χ1v) is 15.7. The second-order valence-corrected chi connectivity index (χ2v) is 12.1. The lowest BCUT2D eigenvalue weighted by Crippen LogP contribution is -2.62. The minimum atomic E-state index is -0.531. The maximum absolute atomic E-state index is 6.76. The van der Waals surface area contributed by atoms with E-state index in [1.54, 1.807) is 26.0 Å². The molecule has 5 unspecified atom stereocenters. The smallest absolute Gasteiger partial charge is 0.184 e. The van der Waals surface area contributed by atoms with Gasteiger partial charge in [-0.05, 0) is 54.4 Å². The van der Waals surface area contributed by atoms with Gasteiger partial charge < -0.3 is 33.2 Å². The highest BCUT2D eigenvalue weighted by Crippen LogP contribution is 2.41. The average Bonchev–Trinajstić information content (AvgIpc) is 3.08. The van der Waals surface area contributed by atoms with Crippen LogP contribution in [0.2, 0.25) is 0 Å². The SMILES string of the molecule is COc1ccc(COC2C3OC(c4ccccc4)OCC3OC(Sc3ccc(C)cc3)[C@H]2OCc2ccc(OC)cc2)cc1. The molecule has 8 heteroatoms. The Labute approximate surface area is 263 Å². The molecule has 7 nitrogen and oxygen atoms in total. The minimum Gasteiger partial charge on any atom is -0.497 e. The van der Waals surface area contributed by atoms with E-state index in [0.717, 1.165) is 33.1 Å². The van der Waals surface area contributed by atoms with Gasteiger partial charge in [-0.25, -0.2) is 0 Å². The van der Waals surface area contributed by atoms with Crippen molar-refractivity contribution in [2.45, 2.75) is 61.2 Å².